The maximum absolute atomic E-state index is 12.8. The van der Waals surface area contributed by atoms with Gasteiger partial charge in [0.2, 0.25) is 0 Å². The molecule has 0 saturated carbocycles. The van der Waals surface area contributed by atoms with Gasteiger partial charge in [-0.1, -0.05) is 115 Å². The fraction of sp³-hybridized carbons (Fsp3) is 0.0513. The minimum atomic E-state index is -2.37. The minimum absolute atomic E-state index is 0.804. The molecule has 5 aromatic carbocycles. The van der Waals surface area contributed by atoms with Gasteiger partial charge in [0, 0.05) is 39.1 Å². The van der Waals surface area contributed by atoms with Gasteiger partial charge in [-0.3, -0.25) is 4.98 Å². The van der Waals surface area contributed by atoms with Crippen molar-refractivity contribution >= 4 is 23.3 Å². The van der Waals surface area contributed by atoms with Crippen LogP contribution in [0.2, 0.25) is 0 Å². The van der Waals surface area contributed by atoms with Gasteiger partial charge in [-0.15, -0.1) is 0 Å². The van der Waals surface area contributed by atoms with Crippen molar-refractivity contribution in [3.05, 3.63) is 146 Å². The lowest BCUT2D eigenvalue weighted by molar-refractivity contribution is 0.588. The summed E-state index contributed by atoms with van der Waals surface area (Å²) in [5, 5.41) is 1.92. The molecule has 0 aliphatic heterocycles. The Labute approximate surface area is 257 Å². The summed E-state index contributed by atoms with van der Waals surface area (Å²) in [6, 6.07) is 47.2. The van der Waals surface area contributed by atoms with Crippen LogP contribution in [-0.2, 0) is 4.57 Å². The molecule has 0 radical (unpaired) electrons. The molecule has 5 heteroatoms. The number of benzene rings is 5. The first-order chi connectivity index (χ1) is 21.4. The predicted molar refractivity (Wildman–Crippen MR) is 184 cm³/mol. The van der Waals surface area contributed by atoms with Gasteiger partial charge in [0.15, 0.2) is 0 Å². The van der Waals surface area contributed by atoms with E-state index in [9.17, 15) is 4.57 Å². The van der Waals surface area contributed by atoms with Crippen LogP contribution in [-0.4, -0.2) is 28.3 Å². The summed E-state index contributed by atoms with van der Waals surface area (Å²) in [7, 11) is -2.37. The lowest BCUT2D eigenvalue weighted by Crippen LogP contribution is -2.02. The van der Waals surface area contributed by atoms with Gasteiger partial charge in [-0.05, 0) is 48.7 Å². The second-order valence-electron chi connectivity index (χ2n) is 11.2. The molecule has 212 valence electrons. The molecular weight excluding hydrogens is 557 g/mol. The van der Waals surface area contributed by atoms with Crippen LogP contribution < -0.4 is 5.30 Å². The van der Waals surface area contributed by atoms with E-state index in [1.54, 1.807) is 0 Å². The lowest BCUT2D eigenvalue weighted by atomic mass is 9.97. The van der Waals surface area contributed by atoms with Crippen molar-refractivity contribution in [2.45, 2.75) is 0 Å². The average molecular weight is 588 g/mol. The Morgan fingerprint density at radius 1 is 0.455 bits per heavy atom. The van der Waals surface area contributed by atoms with Crippen molar-refractivity contribution in [2.75, 3.05) is 13.3 Å². The fourth-order valence-electron chi connectivity index (χ4n) is 5.50. The Bertz CT molecular complexity index is 2160. The Kier molecular flexibility index (Phi) is 7.21. The molecule has 0 amide bonds. The highest BCUT2D eigenvalue weighted by atomic mass is 31.2. The van der Waals surface area contributed by atoms with Crippen molar-refractivity contribution in [2.24, 2.45) is 0 Å². The zero-order chi connectivity index (χ0) is 30.1. The van der Waals surface area contributed by atoms with Gasteiger partial charge in [-0.25, -0.2) is 9.97 Å². The highest BCUT2D eigenvalue weighted by Gasteiger charge is 2.20. The van der Waals surface area contributed by atoms with E-state index < -0.39 is 7.14 Å². The molecule has 0 unspecified atom stereocenters. The first kappa shape index (κ1) is 27.6. The quantitative estimate of drug-likeness (QED) is 0.182. The van der Waals surface area contributed by atoms with E-state index >= 15 is 0 Å². The largest absolute Gasteiger partial charge is 0.319 e. The summed E-state index contributed by atoms with van der Waals surface area (Å²) in [6.07, 6.45) is 1.81. The second kappa shape index (κ2) is 11.5. The van der Waals surface area contributed by atoms with Crippen LogP contribution in [0.4, 0.5) is 0 Å². The third-order valence-corrected chi connectivity index (χ3v) is 9.35. The van der Waals surface area contributed by atoms with Gasteiger partial charge in [-0.2, -0.15) is 0 Å². The standard InChI is InChI=1S/C39H30N3OP/c1-44(2,43)34-17-9-15-31(26-34)27-18-20-30(21-19-27)38-39(33-22-23-35-32(25-33)16-10-24-40-35)42-37(29-13-7-4-8-14-29)36(41-38)28-11-5-3-6-12-28/h3-26H,1-2H3. The van der Waals surface area contributed by atoms with Crippen molar-refractivity contribution in [3.63, 3.8) is 0 Å². The maximum atomic E-state index is 12.8. The van der Waals surface area contributed by atoms with E-state index in [2.05, 4.69) is 77.8 Å². The van der Waals surface area contributed by atoms with Gasteiger partial charge >= 0.3 is 0 Å². The number of rotatable bonds is 6. The first-order valence-electron chi connectivity index (χ1n) is 14.6. The molecule has 7 rings (SSSR count). The van der Waals surface area contributed by atoms with Gasteiger partial charge in [0.1, 0.15) is 7.14 Å². The second-order valence-corrected chi connectivity index (χ2v) is 14.5. The Balaban J connectivity index is 1.44. The van der Waals surface area contributed by atoms with Crippen LogP contribution in [0.5, 0.6) is 0 Å². The van der Waals surface area contributed by atoms with Crippen molar-refractivity contribution in [1.29, 1.82) is 0 Å². The molecule has 0 saturated heterocycles. The molecule has 0 fully saturated rings. The fourth-order valence-corrected chi connectivity index (χ4v) is 6.39. The molecule has 0 N–H and O–H groups in total. The third-order valence-electron chi connectivity index (χ3n) is 7.83. The summed E-state index contributed by atoms with van der Waals surface area (Å²) in [5.41, 5.74) is 10.3. The van der Waals surface area contributed by atoms with Crippen LogP contribution in [0.1, 0.15) is 0 Å². The zero-order valence-corrected chi connectivity index (χ0v) is 25.4. The lowest BCUT2D eigenvalue weighted by Gasteiger charge is -2.16. The topological polar surface area (TPSA) is 55.7 Å². The van der Waals surface area contributed by atoms with Crippen LogP contribution in [0.3, 0.4) is 0 Å². The minimum Gasteiger partial charge on any atom is -0.319 e. The monoisotopic (exact) mass is 587 g/mol. The number of hydrogen-bond donors (Lipinski definition) is 0. The van der Waals surface area contributed by atoms with E-state index in [0.29, 0.717) is 0 Å². The summed E-state index contributed by atoms with van der Waals surface area (Å²) >= 11 is 0. The SMILES string of the molecule is CP(C)(=O)c1cccc(-c2ccc(-c3nc(-c4ccccc4)c(-c4ccccc4)nc3-c3ccc4ncccc4c3)cc2)c1. The van der Waals surface area contributed by atoms with Gasteiger partial charge in [0.05, 0.1) is 28.3 Å². The zero-order valence-electron chi connectivity index (χ0n) is 24.6. The number of fused-ring (bicyclic) bond motifs is 1. The van der Waals surface area contributed by atoms with Crippen molar-refractivity contribution in [3.8, 4) is 56.2 Å². The van der Waals surface area contributed by atoms with E-state index in [4.69, 9.17) is 9.97 Å². The molecule has 7 aromatic rings. The smallest absolute Gasteiger partial charge is 0.109 e. The molecule has 0 aliphatic carbocycles. The summed E-state index contributed by atoms with van der Waals surface area (Å²) in [4.78, 5) is 15.3. The van der Waals surface area contributed by atoms with Crippen LogP contribution in [0, 0.1) is 0 Å². The summed E-state index contributed by atoms with van der Waals surface area (Å²) < 4.78 is 12.8. The van der Waals surface area contributed by atoms with Crippen molar-refractivity contribution < 1.29 is 4.57 Å². The number of aromatic nitrogens is 3. The maximum Gasteiger partial charge on any atom is 0.109 e. The molecular formula is C39H30N3OP. The van der Waals surface area contributed by atoms with E-state index in [1.807, 2.05) is 86.3 Å². The average Bonchev–Trinajstić information content (AvgIpc) is 3.08. The first-order valence-corrected chi connectivity index (χ1v) is 17.2. The highest BCUT2D eigenvalue weighted by molar-refractivity contribution is 7.70. The Morgan fingerprint density at radius 2 is 0.977 bits per heavy atom. The van der Waals surface area contributed by atoms with Crippen LogP contribution in [0.25, 0.3) is 67.1 Å². The molecule has 0 aliphatic rings. The molecule has 44 heavy (non-hydrogen) atoms. The Morgan fingerprint density at radius 3 is 1.59 bits per heavy atom. The Hall–Kier alpha value is -5.18. The highest BCUT2D eigenvalue weighted by Crippen LogP contribution is 2.39. The summed E-state index contributed by atoms with van der Waals surface area (Å²) in [5.74, 6) is 0. The third kappa shape index (κ3) is 5.48. The number of pyridine rings is 1. The molecule has 0 atom stereocenters. The predicted octanol–water partition coefficient (Wildman–Crippen LogP) is 9.61. The molecule has 2 heterocycles. The number of nitrogens with zero attached hydrogens (tertiary/aromatic N) is 3. The molecule has 2 aromatic heterocycles. The number of hydrogen-bond acceptors (Lipinski definition) is 4. The normalized spacial score (nSPS) is 11.5. The van der Waals surface area contributed by atoms with Crippen LogP contribution >= 0.6 is 7.14 Å². The van der Waals surface area contributed by atoms with E-state index in [0.717, 1.165) is 72.4 Å². The van der Waals surface area contributed by atoms with E-state index in [1.165, 1.54) is 0 Å². The molecule has 0 spiro atoms. The van der Waals surface area contributed by atoms with Crippen LogP contribution in [0.15, 0.2) is 146 Å². The van der Waals surface area contributed by atoms with Crippen molar-refractivity contribution in [1.82, 2.24) is 15.0 Å². The van der Waals surface area contributed by atoms with E-state index in [-0.39, 0.29) is 0 Å². The summed E-state index contributed by atoms with van der Waals surface area (Å²) in [6.45, 7) is 3.61. The molecule has 4 nitrogen and oxygen atoms in total. The van der Waals surface area contributed by atoms with Gasteiger partial charge < -0.3 is 4.57 Å². The molecule has 0 bridgehead atoms. The van der Waals surface area contributed by atoms with Gasteiger partial charge in [0.25, 0.3) is 0 Å².